The molecule has 36 heavy (non-hydrogen) atoms. The summed E-state index contributed by atoms with van der Waals surface area (Å²) in [6, 6.07) is 6.03. The minimum absolute atomic E-state index is 0.179. The first-order chi connectivity index (χ1) is 17.2. The molecule has 9 nitrogen and oxygen atoms in total. The van der Waals surface area contributed by atoms with Gasteiger partial charge in [0, 0.05) is 31.2 Å². The fraction of sp³-hybridized carbons (Fsp3) is 0.458. The highest BCUT2D eigenvalue weighted by Gasteiger charge is 2.34. The second-order valence-corrected chi connectivity index (χ2v) is 9.18. The van der Waals surface area contributed by atoms with Gasteiger partial charge in [0.15, 0.2) is 5.82 Å². The lowest BCUT2D eigenvalue weighted by atomic mass is 10.1. The van der Waals surface area contributed by atoms with Gasteiger partial charge in [-0.2, -0.15) is 13.2 Å². The molecule has 1 amide bonds. The van der Waals surface area contributed by atoms with Crippen molar-refractivity contribution >= 4 is 17.5 Å². The fourth-order valence-electron chi connectivity index (χ4n) is 4.84. The number of halogens is 3. The topological polar surface area (TPSA) is 92.1 Å². The van der Waals surface area contributed by atoms with Crippen LogP contribution in [-0.4, -0.2) is 57.0 Å². The highest BCUT2D eigenvalue weighted by atomic mass is 19.4. The molecule has 5 rings (SSSR count). The first-order valence-electron chi connectivity index (χ1n) is 11.9. The number of carbonyl (C=O) groups is 1. The average molecular weight is 501 g/mol. The Morgan fingerprint density at radius 3 is 2.64 bits per heavy atom. The zero-order valence-electron chi connectivity index (χ0n) is 20.1. The van der Waals surface area contributed by atoms with Crippen LogP contribution in [0.1, 0.15) is 53.8 Å². The molecule has 1 fully saturated rings. The summed E-state index contributed by atoms with van der Waals surface area (Å²) in [6.45, 7) is 4.13. The average Bonchev–Trinajstić information content (AvgIpc) is 3.59. The minimum Gasteiger partial charge on any atom is -0.357 e. The molecule has 1 N–H and O–H groups in total. The van der Waals surface area contributed by atoms with Crippen molar-refractivity contribution in [2.24, 2.45) is 0 Å². The van der Waals surface area contributed by atoms with Crippen molar-refractivity contribution in [1.29, 1.82) is 0 Å². The Morgan fingerprint density at radius 1 is 1.14 bits per heavy atom. The van der Waals surface area contributed by atoms with Crippen molar-refractivity contribution in [2.45, 2.75) is 51.5 Å². The van der Waals surface area contributed by atoms with Gasteiger partial charge < -0.3 is 14.8 Å². The maximum atomic E-state index is 13.5. The molecule has 0 spiro atoms. The van der Waals surface area contributed by atoms with Crippen LogP contribution in [0.2, 0.25) is 0 Å². The molecule has 0 aromatic carbocycles. The molecule has 1 unspecified atom stereocenters. The van der Waals surface area contributed by atoms with Gasteiger partial charge in [-0.05, 0) is 45.0 Å². The molecule has 1 atom stereocenters. The molecule has 0 aliphatic carbocycles. The van der Waals surface area contributed by atoms with E-state index in [1.54, 1.807) is 23.1 Å². The molecule has 1 saturated heterocycles. The monoisotopic (exact) mass is 500 g/mol. The lowest BCUT2D eigenvalue weighted by Gasteiger charge is -2.18. The zero-order chi connectivity index (χ0) is 25.4. The Balaban J connectivity index is 1.46. The Labute approximate surface area is 206 Å². The predicted molar refractivity (Wildman–Crippen MR) is 128 cm³/mol. The Bertz CT molecular complexity index is 1270. The number of hydrogen-bond donors (Lipinski definition) is 1. The third-order valence-corrected chi connectivity index (χ3v) is 6.58. The van der Waals surface area contributed by atoms with Gasteiger partial charge in [-0.25, -0.2) is 9.97 Å². The molecule has 3 aromatic heterocycles. The van der Waals surface area contributed by atoms with Crippen molar-refractivity contribution in [2.75, 3.05) is 29.9 Å². The summed E-state index contributed by atoms with van der Waals surface area (Å²) in [5, 5.41) is 11.0. The van der Waals surface area contributed by atoms with E-state index in [0.717, 1.165) is 43.0 Å². The number of nitrogens with one attached hydrogen (secondary N) is 1. The van der Waals surface area contributed by atoms with Crippen LogP contribution in [0.25, 0.3) is 11.5 Å². The second kappa shape index (κ2) is 9.49. The van der Waals surface area contributed by atoms with Crippen molar-refractivity contribution in [3.63, 3.8) is 0 Å². The van der Waals surface area contributed by atoms with Crippen LogP contribution in [0.4, 0.5) is 24.8 Å². The van der Waals surface area contributed by atoms with Crippen LogP contribution in [0.5, 0.6) is 0 Å². The van der Waals surface area contributed by atoms with Crippen LogP contribution in [-0.2, 0) is 13.1 Å². The lowest BCUT2D eigenvalue weighted by molar-refractivity contribution is -0.141. The zero-order valence-corrected chi connectivity index (χ0v) is 20.1. The van der Waals surface area contributed by atoms with Gasteiger partial charge in [0.25, 0.3) is 5.91 Å². The largest absolute Gasteiger partial charge is 0.391 e. The SMILES string of the molecule is CNCc1nc(N2CCCC2)cc2c1CN(c1cccc(-c3nncn3C(C)CC(F)(F)F)n1)C2=O. The number of alkyl halides is 3. The summed E-state index contributed by atoms with van der Waals surface area (Å²) in [7, 11) is 1.84. The smallest absolute Gasteiger partial charge is 0.357 e. The quantitative estimate of drug-likeness (QED) is 0.529. The summed E-state index contributed by atoms with van der Waals surface area (Å²) in [6.07, 6.45) is -1.87. The van der Waals surface area contributed by atoms with Crippen LogP contribution < -0.4 is 15.1 Å². The van der Waals surface area contributed by atoms with Crippen molar-refractivity contribution in [3.05, 3.63) is 47.4 Å². The summed E-state index contributed by atoms with van der Waals surface area (Å²) >= 11 is 0. The minimum atomic E-state index is -4.32. The third kappa shape index (κ3) is 4.64. The lowest BCUT2D eigenvalue weighted by Crippen LogP contribution is -2.24. The van der Waals surface area contributed by atoms with Crippen molar-refractivity contribution in [1.82, 2.24) is 30.0 Å². The number of aromatic nitrogens is 5. The molecular formula is C24H27F3N8O. The number of hydrogen-bond acceptors (Lipinski definition) is 7. The van der Waals surface area contributed by atoms with E-state index in [0.29, 0.717) is 30.2 Å². The summed E-state index contributed by atoms with van der Waals surface area (Å²) < 4.78 is 40.2. The van der Waals surface area contributed by atoms with E-state index in [4.69, 9.17) is 4.98 Å². The Kier molecular flexibility index (Phi) is 6.37. The van der Waals surface area contributed by atoms with Crippen LogP contribution in [0.3, 0.4) is 0 Å². The fourth-order valence-corrected chi connectivity index (χ4v) is 4.84. The highest BCUT2D eigenvalue weighted by molar-refractivity contribution is 6.10. The van der Waals surface area contributed by atoms with Crippen molar-refractivity contribution < 1.29 is 18.0 Å². The predicted octanol–water partition coefficient (Wildman–Crippen LogP) is 3.73. The Morgan fingerprint density at radius 2 is 1.92 bits per heavy atom. The summed E-state index contributed by atoms with van der Waals surface area (Å²) in [5.41, 5.74) is 2.62. The van der Waals surface area contributed by atoms with Crippen LogP contribution in [0.15, 0.2) is 30.6 Å². The first-order valence-corrected chi connectivity index (χ1v) is 11.9. The molecule has 0 bridgehead atoms. The van der Waals surface area contributed by atoms with E-state index < -0.39 is 18.6 Å². The normalized spacial score (nSPS) is 16.6. The van der Waals surface area contributed by atoms with E-state index in [1.807, 2.05) is 13.1 Å². The van der Waals surface area contributed by atoms with Gasteiger partial charge in [-0.15, -0.1) is 10.2 Å². The molecule has 0 saturated carbocycles. The van der Waals surface area contributed by atoms with E-state index >= 15 is 0 Å². The number of nitrogens with zero attached hydrogens (tertiary/aromatic N) is 7. The van der Waals surface area contributed by atoms with E-state index in [-0.39, 0.29) is 11.7 Å². The second-order valence-electron chi connectivity index (χ2n) is 9.18. The first kappa shape index (κ1) is 24.2. The van der Waals surface area contributed by atoms with E-state index in [9.17, 15) is 18.0 Å². The van der Waals surface area contributed by atoms with Gasteiger partial charge in [-0.1, -0.05) is 6.07 Å². The molecule has 2 aliphatic rings. The van der Waals surface area contributed by atoms with Gasteiger partial charge in [-0.3, -0.25) is 9.69 Å². The summed E-state index contributed by atoms with van der Waals surface area (Å²) in [4.78, 5) is 26.7. The number of carbonyl (C=O) groups excluding carboxylic acids is 1. The molecule has 0 radical (unpaired) electrons. The third-order valence-electron chi connectivity index (χ3n) is 6.58. The number of fused-ring (bicyclic) bond motifs is 1. The van der Waals surface area contributed by atoms with Gasteiger partial charge in [0.1, 0.15) is 23.7 Å². The molecule has 190 valence electrons. The van der Waals surface area contributed by atoms with Crippen LogP contribution >= 0.6 is 0 Å². The van der Waals surface area contributed by atoms with Gasteiger partial charge >= 0.3 is 6.18 Å². The standard InChI is InChI=1S/C24H27F3N8O/c1-15(11-24(25,26)27)35-14-29-32-22(35)18-6-5-7-20(30-18)34-13-17-16(23(34)36)10-21(31-19(17)12-28-2)33-8-3-4-9-33/h5-7,10,14-15,28H,3-4,8-9,11-13H2,1-2H3. The number of anilines is 2. The maximum Gasteiger partial charge on any atom is 0.391 e. The van der Waals surface area contributed by atoms with Gasteiger partial charge in [0.2, 0.25) is 0 Å². The number of rotatable bonds is 7. The molecular weight excluding hydrogens is 473 g/mol. The maximum absolute atomic E-state index is 13.5. The molecule has 3 aromatic rings. The van der Waals surface area contributed by atoms with Crippen LogP contribution in [0, 0.1) is 0 Å². The van der Waals surface area contributed by atoms with E-state index in [1.165, 1.54) is 17.8 Å². The molecule has 5 heterocycles. The molecule has 12 heteroatoms. The van der Waals surface area contributed by atoms with Crippen molar-refractivity contribution in [3.8, 4) is 11.5 Å². The highest BCUT2D eigenvalue weighted by Crippen LogP contribution is 2.34. The van der Waals surface area contributed by atoms with Gasteiger partial charge in [0.05, 0.1) is 24.2 Å². The van der Waals surface area contributed by atoms with E-state index in [2.05, 4.69) is 25.4 Å². The number of pyridine rings is 2. The summed E-state index contributed by atoms with van der Waals surface area (Å²) in [5.74, 6) is 1.23. The molecule has 2 aliphatic heterocycles. The number of amides is 1. The Hall–Kier alpha value is -3.54.